The molecule has 1 aliphatic rings. The van der Waals surface area contributed by atoms with Crippen LogP contribution in [0.2, 0.25) is 10.0 Å². The summed E-state index contributed by atoms with van der Waals surface area (Å²) >= 11 is 12.2. The van der Waals surface area contributed by atoms with Gasteiger partial charge in [-0.25, -0.2) is 8.42 Å². The number of fused-ring (bicyclic) bond motifs is 1. The van der Waals surface area contributed by atoms with Crippen molar-refractivity contribution in [1.29, 1.82) is 0 Å². The molecule has 1 N–H and O–H groups in total. The molecule has 0 bridgehead atoms. The van der Waals surface area contributed by atoms with Crippen molar-refractivity contribution in [3.8, 4) is 5.75 Å². The largest absolute Gasteiger partial charge is 0.489 e. The zero-order valence-electron chi connectivity index (χ0n) is 18.6. The van der Waals surface area contributed by atoms with E-state index in [0.717, 1.165) is 16.7 Å². The van der Waals surface area contributed by atoms with E-state index in [4.69, 9.17) is 27.9 Å². The SMILES string of the molecule is O=S1(=O)c2ccccc2N[C@@H](c2ccc(OCc3ccc(Cl)cc3Cl)cc2)N1Cc1ccccc1. The highest BCUT2D eigenvalue weighted by molar-refractivity contribution is 7.89. The maximum absolute atomic E-state index is 13.6. The van der Waals surface area contributed by atoms with Crippen LogP contribution in [0.4, 0.5) is 5.69 Å². The second-order valence-electron chi connectivity index (χ2n) is 8.17. The van der Waals surface area contributed by atoms with E-state index in [9.17, 15) is 8.42 Å². The molecule has 0 aliphatic carbocycles. The maximum Gasteiger partial charge on any atom is 0.247 e. The number of rotatable bonds is 6. The Hall–Kier alpha value is -3.03. The molecule has 178 valence electrons. The summed E-state index contributed by atoms with van der Waals surface area (Å²) in [6.07, 6.45) is -0.574. The lowest BCUT2D eigenvalue weighted by Gasteiger charge is -2.37. The second-order valence-corrected chi connectivity index (χ2v) is 10.9. The van der Waals surface area contributed by atoms with Crippen LogP contribution in [0.25, 0.3) is 0 Å². The van der Waals surface area contributed by atoms with Crippen molar-refractivity contribution < 1.29 is 13.2 Å². The van der Waals surface area contributed by atoms with Gasteiger partial charge in [-0.15, -0.1) is 0 Å². The third-order valence-corrected chi connectivity index (χ3v) is 8.30. The monoisotopic (exact) mass is 524 g/mol. The minimum Gasteiger partial charge on any atom is -0.489 e. The van der Waals surface area contributed by atoms with Crippen molar-refractivity contribution in [3.63, 3.8) is 0 Å². The van der Waals surface area contributed by atoms with E-state index in [-0.39, 0.29) is 11.4 Å². The van der Waals surface area contributed by atoms with E-state index in [1.54, 1.807) is 30.3 Å². The number of sulfonamides is 1. The van der Waals surface area contributed by atoms with Gasteiger partial charge in [0, 0.05) is 22.2 Å². The highest BCUT2D eigenvalue weighted by atomic mass is 35.5. The van der Waals surface area contributed by atoms with Crippen LogP contribution in [-0.4, -0.2) is 12.7 Å². The average molecular weight is 525 g/mol. The molecular weight excluding hydrogens is 503 g/mol. The topological polar surface area (TPSA) is 58.6 Å². The number of anilines is 1. The Bertz CT molecular complexity index is 1450. The number of hydrogen-bond donors (Lipinski definition) is 1. The first-order valence-corrected chi connectivity index (χ1v) is 13.2. The normalized spacial score (nSPS) is 16.8. The van der Waals surface area contributed by atoms with Crippen molar-refractivity contribution in [2.24, 2.45) is 0 Å². The molecule has 5 rings (SSSR count). The van der Waals surface area contributed by atoms with Gasteiger partial charge in [0.2, 0.25) is 10.0 Å². The fourth-order valence-electron chi connectivity index (χ4n) is 4.03. The molecule has 1 aliphatic heterocycles. The number of ether oxygens (including phenoxy) is 1. The molecular formula is C27H22Cl2N2O3S. The van der Waals surface area contributed by atoms with Gasteiger partial charge in [-0.3, -0.25) is 0 Å². The van der Waals surface area contributed by atoms with Crippen LogP contribution in [0.5, 0.6) is 5.75 Å². The minimum atomic E-state index is -3.73. The highest BCUT2D eigenvalue weighted by Crippen LogP contribution is 2.39. The van der Waals surface area contributed by atoms with Crippen LogP contribution >= 0.6 is 23.2 Å². The van der Waals surface area contributed by atoms with Gasteiger partial charge < -0.3 is 10.1 Å². The molecule has 0 radical (unpaired) electrons. The average Bonchev–Trinajstić information content (AvgIpc) is 2.86. The maximum atomic E-state index is 13.6. The van der Waals surface area contributed by atoms with Crippen LogP contribution in [0.15, 0.2) is 102 Å². The number of para-hydroxylation sites is 1. The molecule has 1 heterocycles. The standard InChI is InChI=1S/C27H22Cl2N2O3S/c28-22-13-10-21(24(29)16-22)18-34-23-14-11-20(12-15-23)27-30-25-8-4-5-9-26(25)35(32,33)31(27)17-19-6-2-1-3-7-19/h1-16,27,30H,17-18H2/t27-/m1/s1. The third kappa shape index (κ3) is 5.02. The summed E-state index contributed by atoms with van der Waals surface area (Å²) in [5, 5.41) is 4.52. The number of hydrogen-bond acceptors (Lipinski definition) is 4. The lowest BCUT2D eigenvalue weighted by molar-refractivity contribution is 0.305. The van der Waals surface area contributed by atoms with E-state index in [2.05, 4.69) is 5.32 Å². The van der Waals surface area contributed by atoms with Gasteiger partial charge in [0.25, 0.3) is 0 Å². The van der Waals surface area contributed by atoms with E-state index in [1.165, 1.54) is 4.31 Å². The predicted octanol–water partition coefficient (Wildman–Crippen LogP) is 6.89. The summed E-state index contributed by atoms with van der Waals surface area (Å²) in [5.74, 6) is 0.647. The summed E-state index contributed by atoms with van der Waals surface area (Å²) in [6.45, 7) is 0.529. The first-order chi connectivity index (χ1) is 16.9. The highest BCUT2D eigenvalue weighted by Gasteiger charge is 2.38. The van der Waals surface area contributed by atoms with Gasteiger partial charge in [-0.1, -0.05) is 83.9 Å². The molecule has 0 saturated carbocycles. The fraction of sp³-hybridized carbons (Fsp3) is 0.111. The smallest absolute Gasteiger partial charge is 0.247 e. The van der Waals surface area contributed by atoms with Gasteiger partial charge in [-0.05, 0) is 47.5 Å². The molecule has 0 saturated heterocycles. The van der Waals surface area contributed by atoms with Gasteiger partial charge in [0.1, 0.15) is 23.4 Å². The Morgan fingerprint density at radius 2 is 1.57 bits per heavy atom. The lowest BCUT2D eigenvalue weighted by Crippen LogP contribution is -2.42. The van der Waals surface area contributed by atoms with Crippen LogP contribution in [0.1, 0.15) is 22.9 Å². The molecule has 0 unspecified atom stereocenters. The van der Waals surface area contributed by atoms with Crippen molar-refractivity contribution >= 4 is 38.9 Å². The van der Waals surface area contributed by atoms with Crippen LogP contribution in [0, 0.1) is 0 Å². The van der Waals surface area contributed by atoms with Crippen LogP contribution in [0.3, 0.4) is 0 Å². The molecule has 4 aromatic carbocycles. The van der Waals surface area contributed by atoms with E-state index < -0.39 is 16.2 Å². The Morgan fingerprint density at radius 3 is 2.31 bits per heavy atom. The fourth-order valence-corrected chi connectivity index (χ4v) is 6.17. The quantitative estimate of drug-likeness (QED) is 0.298. The first kappa shape index (κ1) is 23.7. The van der Waals surface area contributed by atoms with Crippen LogP contribution in [-0.2, 0) is 23.2 Å². The van der Waals surface area contributed by atoms with Gasteiger partial charge in [0.15, 0.2) is 0 Å². The minimum absolute atomic E-state index is 0.239. The zero-order valence-corrected chi connectivity index (χ0v) is 20.9. The molecule has 4 aromatic rings. The molecule has 0 amide bonds. The van der Waals surface area contributed by atoms with Crippen LogP contribution < -0.4 is 10.1 Å². The van der Waals surface area contributed by atoms with Gasteiger partial charge in [-0.2, -0.15) is 4.31 Å². The van der Waals surface area contributed by atoms with Gasteiger partial charge in [0.05, 0.1) is 5.69 Å². The molecule has 0 aromatic heterocycles. The first-order valence-electron chi connectivity index (χ1n) is 11.0. The number of nitrogens with one attached hydrogen (secondary N) is 1. The summed E-state index contributed by atoms with van der Waals surface area (Å²) in [7, 11) is -3.73. The number of halogens is 2. The van der Waals surface area contributed by atoms with E-state index in [1.807, 2.05) is 66.7 Å². The number of nitrogens with zero attached hydrogens (tertiary/aromatic N) is 1. The molecule has 0 spiro atoms. The molecule has 8 heteroatoms. The number of benzene rings is 4. The van der Waals surface area contributed by atoms with Crippen molar-refractivity contribution in [3.05, 3.63) is 124 Å². The Kier molecular flexibility index (Phi) is 6.71. The zero-order chi connectivity index (χ0) is 24.4. The Balaban J connectivity index is 1.42. The molecule has 0 fully saturated rings. The molecule has 5 nitrogen and oxygen atoms in total. The van der Waals surface area contributed by atoms with E-state index >= 15 is 0 Å². The second kappa shape index (κ2) is 9.91. The van der Waals surface area contributed by atoms with E-state index in [0.29, 0.717) is 28.1 Å². The van der Waals surface area contributed by atoms with Crippen molar-refractivity contribution in [2.75, 3.05) is 5.32 Å². The summed E-state index contributed by atoms with van der Waals surface area (Å²) < 4.78 is 34.6. The predicted molar refractivity (Wildman–Crippen MR) is 139 cm³/mol. The van der Waals surface area contributed by atoms with Gasteiger partial charge >= 0.3 is 0 Å². The lowest BCUT2D eigenvalue weighted by atomic mass is 10.1. The summed E-state index contributed by atoms with van der Waals surface area (Å²) in [4.78, 5) is 0.270. The molecule has 35 heavy (non-hydrogen) atoms. The summed E-state index contributed by atoms with van der Waals surface area (Å²) in [6, 6.07) is 29.2. The Morgan fingerprint density at radius 1 is 0.857 bits per heavy atom. The molecule has 1 atom stereocenters. The van der Waals surface area contributed by atoms with Crippen molar-refractivity contribution in [1.82, 2.24) is 4.31 Å². The summed E-state index contributed by atoms with van der Waals surface area (Å²) in [5.41, 5.74) is 3.11. The third-order valence-electron chi connectivity index (χ3n) is 5.84. The van der Waals surface area contributed by atoms with Crippen molar-refractivity contribution in [2.45, 2.75) is 24.2 Å². The Labute approximate surface area is 214 Å².